The third kappa shape index (κ3) is 5.25. The van der Waals surface area contributed by atoms with Gasteiger partial charge in [-0.2, -0.15) is 0 Å². The second kappa shape index (κ2) is 8.01. The predicted molar refractivity (Wildman–Crippen MR) is 63.3 cm³/mol. The highest BCUT2D eigenvalue weighted by Gasteiger charge is 2.26. The van der Waals surface area contributed by atoms with Crippen LogP contribution in [0.5, 0.6) is 0 Å². The van der Waals surface area contributed by atoms with Crippen LogP contribution in [-0.4, -0.2) is 43.8 Å². The van der Waals surface area contributed by atoms with Crippen molar-refractivity contribution in [3.05, 3.63) is 0 Å². The van der Waals surface area contributed by atoms with Gasteiger partial charge in [-0.3, -0.25) is 0 Å². The van der Waals surface area contributed by atoms with Crippen molar-refractivity contribution in [2.45, 2.75) is 45.5 Å². The van der Waals surface area contributed by atoms with Gasteiger partial charge in [-0.25, -0.2) is 0 Å². The summed E-state index contributed by atoms with van der Waals surface area (Å²) in [5, 5.41) is 12.5. The Bertz CT molecular complexity index is 166. The van der Waals surface area contributed by atoms with E-state index in [0.717, 1.165) is 32.4 Å². The average Bonchev–Trinajstić information content (AvgIpc) is 2.21. The number of aliphatic hydroxyl groups is 1. The minimum atomic E-state index is -0.0746. The number of aliphatic hydroxyl groups excluding tert-OH is 1. The lowest BCUT2D eigenvalue weighted by Gasteiger charge is -2.31. The monoisotopic (exact) mass is 231 g/mol. The standard InChI is InChI=1S/C12H25NO3/c1-3-15-12(16-4-2)5-6-13-9-10-7-11(14)8-10/h10-14H,3-9H2,1-2H3. The summed E-state index contributed by atoms with van der Waals surface area (Å²) in [6, 6.07) is 0. The number of hydrogen-bond donors (Lipinski definition) is 2. The second-order valence-corrected chi connectivity index (χ2v) is 4.32. The maximum Gasteiger partial charge on any atom is 0.158 e. The van der Waals surface area contributed by atoms with Crippen LogP contribution in [-0.2, 0) is 9.47 Å². The molecule has 1 aliphatic rings. The predicted octanol–water partition coefficient (Wildman–Crippen LogP) is 1.14. The zero-order valence-electron chi connectivity index (χ0n) is 10.4. The van der Waals surface area contributed by atoms with Crippen LogP contribution in [0, 0.1) is 5.92 Å². The van der Waals surface area contributed by atoms with Crippen molar-refractivity contribution in [1.82, 2.24) is 5.32 Å². The molecule has 0 aromatic rings. The van der Waals surface area contributed by atoms with E-state index in [4.69, 9.17) is 14.6 Å². The molecule has 0 aromatic heterocycles. The SMILES string of the molecule is CCOC(CCNCC1CC(O)C1)OCC. The summed E-state index contributed by atoms with van der Waals surface area (Å²) in [5.41, 5.74) is 0. The van der Waals surface area contributed by atoms with E-state index in [9.17, 15) is 0 Å². The molecular formula is C12H25NO3. The Balaban J connectivity index is 1.95. The summed E-state index contributed by atoms with van der Waals surface area (Å²) < 4.78 is 10.9. The van der Waals surface area contributed by atoms with Gasteiger partial charge in [-0.15, -0.1) is 0 Å². The van der Waals surface area contributed by atoms with E-state index in [0.29, 0.717) is 19.1 Å². The highest BCUT2D eigenvalue weighted by atomic mass is 16.7. The van der Waals surface area contributed by atoms with Crippen LogP contribution in [0.15, 0.2) is 0 Å². The zero-order chi connectivity index (χ0) is 11.8. The average molecular weight is 231 g/mol. The lowest BCUT2D eigenvalue weighted by Crippen LogP contribution is -2.37. The van der Waals surface area contributed by atoms with Crippen molar-refractivity contribution in [1.29, 1.82) is 0 Å². The van der Waals surface area contributed by atoms with E-state index in [1.807, 2.05) is 13.8 Å². The molecule has 0 atom stereocenters. The Labute approximate surface area is 98.3 Å². The van der Waals surface area contributed by atoms with Gasteiger partial charge < -0.3 is 19.9 Å². The van der Waals surface area contributed by atoms with Crippen molar-refractivity contribution >= 4 is 0 Å². The molecule has 0 amide bonds. The first-order valence-corrected chi connectivity index (χ1v) is 6.38. The van der Waals surface area contributed by atoms with E-state index >= 15 is 0 Å². The van der Waals surface area contributed by atoms with Crippen LogP contribution in [0.25, 0.3) is 0 Å². The van der Waals surface area contributed by atoms with E-state index in [1.54, 1.807) is 0 Å². The summed E-state index contributed by atoms with van der Waals surface area (Å²) in [6.45, 7) is 7.27. The van der Waals surface area contributed by atoms with Crippen LogP contribution >= 0.6 is 0 Å². The van der Waals surface area contributed by atoms with Crippen molar-refractivity contribution in [2.75, 3.05) is 26.3 Å². The fourth-order valence-electron chi connectivity index (χ4n) is 1.98. The molecule has 0 radical (unpaired) electrons. The van der Waals surface area contributed by atoms with Gasteiger partial charge in [0.1, 0.15) is 0 Å². The Morgan fingerprint density at radius 2 is 1.88 bits per heavy atom. The molecule has 0 aliphatic heterocycles. The van der Waals surface area contributed by atoms with Gasteiger partial charge in [0.05, 0.1) is 6.10 Å². The third-order valence-electron chi connectivity index (χ3n) is 2.91. The highest BCUT2D eigenvalue weighted by Crippen LogP contribution is 2.25. The first-order valence-electron chi connectivity index (χ1n) is 6.38. The van der Waals surface area contributed by atoms with Crippen molar-refractivity contribution < 1.29 is 14.6 Å². The molecule has 4 heteroatoms. The summed E-state index contributed by atoms with van der Waals surface area (Å²) in [7, 11) is 0. The number of ether oxygens (including phenoxy) is 2. The maximum atomic E-state index is 9.14. The minimum absolute atomic E-state index is 0.0496. The Morgan fingerprint density at radius 1 is 1.25 bits per heavy atom. The molecule has 1 rings (SSSR count). The molecule has 0 bridgehead atoms. The van der Waals surface area contributed by atoms with E-state index < -0.39 is 0 Å². The largest absolute Gasteiger partial charge is 0.393 e. The van der Waals surface area contributed by atoms with Crippen LogP contribution in [0.3, 0.4) is 0 Å². The molecule has 1 aliphatic carbocycles. The molecule has 0 heterocycles. The summed E-state index contributed by atoms with van der Waals surface area (Å²) >= 11 is 0. The van der Waals surface area contributed by atoms with Gasteiger partial charge in [0.25, 0.3) is 0 Å². The molecule has 96 valence electrons. The lowest BCUT2D eigenvalue weighted by atomic mass is 9.82. The molecule has 2 N–H and O–H groups in total. The summed E-state index contributed by atoms with van der Waals surface area (Å²) in [6.07, 6.45) is 2.67. The Kier molecular flexibility index (Phi) is 6.96. The molecule has 0 unspecified atom stereocenters. The van der Waals surface area contributed by atoms with E-state index in [1.165, 1.54) is 0 Å². The molecule has 1 saturated carbocycles. The Morgan fingerprint density at radius 3 is 2.38 bits per heavy atom. The summed E-state index contributed by atoms with van der Waals surface area (Å²) in [4.78, 5) is 0. The van der Waals surface area contributed by atoms with Crippen LogP contribution < -0.4 is 5.32 Å². The molecule has 16 heavy (non-hydrogen) atoms. The number of rotatable bonds is 9. The van der Waals surface area contributed by atoms with E-state index in [-0.39, 0.29) is 12.4 Å². The Hall–Kier alpha value is -0.160. The minimum Gasteiger partial charge on any atom is -0.393 e. The topological polar surface area (TPSA) is 50.7 Å². The highest BCUT2D eigenvalue weighted by molar-refractivity contribution is 4.79. The van der Waals surface area contributed by atoms with Gasteiger partial charge in [0.2, 0.25) is 0 Å². The smallest absolute Gasteiger partial charge is 0.158 e. The van der Waals surface area contributed by atoms with Crippen molar-refractivity contribution in [3.63, 3.8) is 0 Å². The molecule has 1 fully saturated rings. The van der Waals surface area contributed by atoms with Crippen LogP contribution in [0.4, 0.5) is 0 Å². The fourth-order valence-corrected chi connectivity index (χ4v) is 1.98. The number of hydrogen-bond acceptors (Lipinski definition) is 4. The lowest BCUT2D eigenvalue weighted by molar-refractivity contribution is -0.138. The van der Waals surface area contributed by atoms with Gasteiger partial charge in [0.15, 0.2) is 6.29 Å². The second-order valence-electron chi connectivity index (χ2n) is 4.32. The van der Waals surface area contributed by atoms with Gasteiger partial charge in [-0.1, -0.05) is 0 Å². The van der Waals surface area contributed by atoms with Crippen molar-refractivity contribution in [3.8, 4) is 0 Å². The van der Waals surface area contributed by atoms with Crippen LogP contribution in [0.2, 0.25) is 0 Å². The summed E-state index contributed by atoms with van der Waals surface area (Å²) in [5.74, 6) is 0.660. The van der Waals surface area contributed by atoms with Gasteiger partial charge in [0, 0.05) is 19.6 Å². The normalized spacial score (nSPS) is 24.8. The van der Waals surface area contributed by atoms with Gasteiger partial charge >= 0.3 is 0 Å². The van der Waals surface area contributed by atoms with E-state index in [2.05, 4.69) is 5.32 Å². The quantitative estimate of drug-likeness (QED) is 0.461. The van der Waals surface area contributed by atoms with Crippen molar-refractivity contribution in [2.24, 2.45) is 5.92 Å². The van der Waals surface area contributed by atoms with Crippen LogP contribution in [0.1, 0.15) is 33.1 Å². The first-order chi connectivity index (χ1) is 7.76. The van der Waals surface area contributed by atoms with Gasteiger partial charge in [-0.05, 0) is 45.7 Å². The third-order valence-corrected chi connectivity index (χ3v) is 2.91. The maximum absolute atomic E-state index is 9.14. The zero-order valence-corrected chi connectivity index (χ0v) is 10.4. The molecule has 0 aromatic carbocycles. The molecular weight excluding hydrogens is 206 g/mol. The number of nitrogens with one attached hydrogen (secondary N) is 1. The first kappa shape index (κ1) is 13.9. The molecule has 0 saturated heterocycles. The molecule has 0 spiro atoms. The fraction of sp³-hybridized carbons (Fsp3) is 1.00. The molecule has 4 nitrogen and oxygen atoms in total.